The van der Waals surface area contributed by atoms with E-state index in [9.17, 15) is 19.2 Å². The highest BCUT2D eigenvalue weighted by atomic mass is 28.4. The molecule has 0 fully saturated rings. The van der Waals surface area contributed by atoms with Gasteiger partial charge in [-0.3, -0.25) is 9.97 Å². The number of hydrogen-bond donors (Lipinski definition) is 2. The SMILES string of the molecule is O=c1oc2cc(OCCCCCC[SiH](O)O[SiH](O)CCCCCCOc3cc4oc(=O)c(-c5ccncc5)cc4cn3)ncc2cc1-c1ccncc1. The summed E-state index contributed by atoms with van der Waals surface area (Å²) in [5, 5.41) is 1.41. The van der Waals surface area contributed by atoms with Crippen molar-refractivity contribution in [1.82, 2.24) is 19.9 Å². The van der Waals surface area contributed by atoms with Crippen molar-refractivity contribution in [2.24, 2.45) is 0 Å². The highest BCUT2D eigenvalue weighted by molar-refractivity contribution is 6.57. The summed E-state index contributed by atoms with van der Waals surface area (Å²) in [5.74, 6) is 0.793. The molecule has 0 bridgehead atoms. The predicted octanol–water partition coefficient (Wildman–Crippen LogP) is 5.83. The van der Waals surface area contributed by atoms with Gasteiger partial charge in [0, 0.05) is 60.1 Å². The fraction of sp³-hybridized carbons (Fsp3) is 0.316. The zero-order valence-corrected chi connectivity index (χ0v) is 31.6. The van der Waals surface area contributed by atoms with Crippen LogP contribution in [-0.4, -0.2) is 61.3 Å². The van der Waals surface area contributed by atoms with Crippen molar-refractivity contribution in [3.63, 3.8) is 0 Å². The average molecular weight is 755 g/mol. The highest BCUT2D eigenvalue weighted by Crippen LogP contribution is 2.24. The van der Waals surface area contributed by atoms with Gasteiger partial charge >= 0.3 is 29.8 Å². The van der Waals surface area contributed by atoms with E-state index in [1.54, 1.807) is 85.7 Å². The maximum Gasteiger partial charge on any atom is 0.344 e. The van der Waals surface area contributed by atoms with E-state index < -0.39 is 29.8 Å². The molecule has 0 aliphatic carbocycles. The van der Waals surface area contributed by atoms with Crippen LogP contribution in [0.1, 0.15) is 51.4 Å². The molecule has 6 aromatic rings. The first-order chi connectivity index (χ1) is 25.9. The molecular formula is C38H42N4O9Si2. The Hall–Kier alpha value is -5.07. The molecule has 53 heavy (non-hydrogen) atoms. The summed E-state index contributed by atoms with van der Waals surface area (Å²) in [6, 6.07) is 15.0. The van der Waals surface area contributed by atoms with Crippen molar-refractivity contribution in [3.8, 4) is 34.0 Å². The molecule has 6 rings (SSSR count). The second kappa shape index (κ2) is 19.1. The van der Waals surface area contributed by atoms with E-state index in [1.807, 2.05) is 0 Å². The molecule has 0 saturated heterocycles. The predicted molar refractivity (Wildman–Crippen MR) is 204 cm³/mol. The maximum absolute atomic E-state index is 12.5. The molecule has 15 heteroatoms. The first-order valence-corrected chi connectivity index (χ1v) is 21.5. The first kappa shape index (κ1) is 37.7. The average Bonchev–Trinajstić information content (AvgIpc) is 3.17. The molecule has 6 aromatic heterocycles. The lowest BCUT2D eigenvalue weighted by Gasteiger charge is -2.14. The third-order valence-corrected chi connectivity index (χ3v) is 13.0. The van der Waals surface area contributed by atoms with Gasteiger partial charge in [0.25, 0.3) is 0 Å². The molecule has 2 atom stereocenters. The number of rotatable bonds is 20. The standard InChI is InChI=1S/C38H42N4O9Si2/c43-37-31(27-9-13-39-14-10-27)21-29-25-41-35(23-33(29)49-37)47-17-5-1-3-7-19-52(45)51-53(46)20-8-4-2-6-18-48-36-24-34-30(26-42-36)22-32(38(44)50-34)28-11-15-40-16-12-28/h9-16,21-26,45-46,52-53H,1-8,17-20H2. The topological polar surface area (TPSA) is 180 Å². The van der Waals surface area contributed by atoms with Crippen LogP contribution in [-0.2, 0) is 4.12 Å². The molecule has 2 unspecified atom stereocenters. The molecule has 0 aliphatic heterocycles. The second-order valence-electron chi connectivity index (χ2n) is 12.6. The Morgan fingerprint density at radius 2 is 0.981 bits per heavy atom. The Bertz CT molecular complexity index is 2030. The third-order valence-electron chi connectivity index (χ3n) is 8.67. The van der Waals surface area contributed by atoms with Crippen LogP contribution >= 0.6 is 0 Å². The van der Waals surface area contributed by atoms with Crippen LogP contribution in [0.15, 0.2) is 104 Å². The van der Waals surface area contributed by atoms with Crippen molar-refractivity contribution in [3.05, 3.63) is 107 Å². The minimum atomic E-state index is -2.39. The number of unbranched alkanes of at least 4 members (excludes halogenated alkanes) is 6. The molecular weight excluding hydrogens is 713 g/mol. The van der Waals surface area contributed by atoms with E-state index >= 15 is 0 Å². The third kappa shape index (κ3) is 11.0. The lowest BCUT2D eigenvalue weighted by atomic mass is 10.1. The van der Waals surface area contributed by atoms with E-state index in [0.29, 0.717) is 70.1 Å². The van der Waals surface area contributed by atoms with Crippen molar-refractivity contribution in [1.29, 1.82) is 0 Å². The van der Waals surface area contributed by atoms with Gasteiger partial charge in [0.15, 0.2) is 0 Å². The number of ether oxygens (including phenoxy) is 2. The highest BCUT2D eigenvalue weighted by Gasteiger charge is 2.16. The number of hydrogen-bond acceptors (Lipinski definition) is 13. The summed E-state index contributed by atoms with van der Waals surface area (Å²) in [7, 11) is -4.78. The number of fused-ring (bicyclic) bond motifs is 2. The van der Waals surface area contributed by atoms with Crippen LogP contribution in [0.3, 0.4) is 0 Å². The van der Waals surface area contributed by atoms with Crippen LogP contribution in [0.4, 0.5) is 0 Å². The minimum absolute atomic E-state index is 0.396. The smallest absolute Gasteiger partial charge is 0.344 e. The van der Waals surface area contributed by atoms with Crippen LogP contribution < -0.4 is 20.7 Å². The molecule has 2 N–H and O–H groups in total. The van der Waals surface area contributed by atoms with Crippen LogP contribution in [0, 0.1) is 0 Å². The lowest BCUT2D eigenvalue weighted by Crippen LogP contribution is -2.29. The molecule has 0 saturated carbocycles. The van der Waals surface area contributed by atoms with Gasteiger partial charge in [0.05, 0.1) is 24.3 Å². The summed E-state index contributed by atoms with van der Waals surface area (Å²) in [4.78, 5) is 62.4. The van der Waals surface area contributed by atoms with Gasteiger partial charge in [-0.1, -0.05) is 38.5 Å². The van der Waals surface area contributed by atoms with Crippen LogP contribution in [0.5, 0.6) is 11.8 Å². The molecule has 0 aliphatic rings. The Balaban J connectivity index is 0.788. The Labute approximate surface area is 309 Å². The quantitative estimate of drug-likeness (QED) is 0.0702. The Kier molecular flexibility index (Phi) is 13.6. The Morgan fingerprint density at radius 1 is 0.566 bits per heavy atom. The van der Waals surface area contributed by atoms with Gasteiger partial charge in [-0.25, -0.2) is 19.6 Å². The number of aromatic nitrogens is 4. The van der Waals surface area contributed by atoms with E-state index in [2.05, 4.69) is 19.9 Å². The van der Waals surface area contributed by atoms with E-state index in [4.69, 9.17) is 22.4 Å². The molecule has 276 valence electrons. The minimum Gasteiger partial charge on any atom is -0.478 e. The van der Waals surface area contributed by atoms with Gasteiger partial charge in [-0.2, -0.15) is 0 Å². The van der Waals surface area contributed by atoms with Crippen molar-refractivity contribution in [2.75, 3.05) is 13.2 Å². The van der Waals surface area contributed by atoms with Crippen molar-refractivity contribution in [2.45, 2.75) is 63.5 Å². The van der Waals surface area contributed by atoms with Gasteiger partial charge in [0.1, 0.15) is 11.2 Å². The molecule has 0 amide bonds. The second-order valence-corrected chi connectivity index (χ2v) is 16.7. The fourth-order valence-corrected chi connectivity index (χ4v) is 9.65. The number of pyridine rings is 4. The van der Waals surface area contributed by atoms with Gasteiger partial charge in [-0.05, 0) is 72.5 Å². The van der Waals surface area contributed by atoms with Crippen molar-refractivity contribution < 1.29 is 32.0 Å². The fourth-order valence-electron chi connectivity index (χ4n) is 5.83. The largest absolute Gasteiger partial charge is 0.478 e. The summed E-state index contributed by atoms with van der Waals surface area (Å²) >= 11 is 0. The van der Waals surface area contributed by atoms with E-state index in [-0.39, 0.29) is 0 Å². The lowest BCUT2D eigenvalue weighted by molar-refractivity contribution is 0.293. The van der Waals surface area contributed by atoms with Gasteiger partial charge < -0.3 is 32.0 Å². The van der Waals surface area contributed by atoms with Crippen molar-refractivity contribution >= 4 is 40.5 Å². The summed E-state index contributed by atoms with van der Waals surface area (Å²) in [5.41, 5.74) is 2.33. The van der Waals surface area contributed by atoms with Gasteiger partial charge in [-0.15, -0.1) is 0 Å². The van der Waals surface area contributed by atoms with E-state index in [1.165, 1.54) is 0 Å². The first-order valence-electron chi connectivity index (χ1n) is 17.9. The molecule has 13 nitrogen and oxygen atoms in total. The van der Waals surface area contributed by atoms with Crippen LogP contribution in [0.2, 0.25) is 12.1 Å². The number of nitrogens with zero attached hydrogens (tertiary/aromatic N) is 4. The normalized spacial score (nSPS) is 12.6. The summed E-state index contributed by atoms with van der Waals surface area (Å²) in [6.45, 7) is 0.946. The van der Waals surface area contributed by atoms with Crippen LogP contribution in [0.25, 0.3) is 44.2 Å². The van der Waals surface area contributed by atoms with Gasteiger partial charge in [0.2, 0.25) is 11.8 Å². The monoisotopic (exact) mass is 754 g/mol. The molecule has 0 aromatic carbocycles. The molecule has 0 radical (unpaired) electrons. The summed E-state index contributed by atoms with van der Waals surface area (Å²) in [6.07, 6.45) is 16.7. The zero-order chi connectivity index (χ0) is 36.8. The summed E-state index contributed by atoms with van der Waals surface area (Å²) < 4.78 is 28.2. The maximum atomic E-state index is 12.5. The van der Waals surface area contributed by atoms with E-state index in [0.717, 1.165) is 62.5 Å². The molecule has 0 spiro atoms. The molecule has 6 heterocycles. The zero-order valence-electron chi connectivity index (χ0n) is 29.3. The Morgan fingerprint density at radius 3 is 1.42 bits per heavy atom.